The van der Waals surface area contributed by atoms with Gasteiger partial charge in [-0.15, -0.1) is 0 Å². The number of thioether (sulfide) groups is 1. The lowest BCUT2D eigenvalue weighted by molar-refractivity contribution is -0.119. The second kappa shape index (κ2) is 6.61. The number of hydrogen-bond donors (Lipinski definition) is 2. The number of fused-ring (bicyclic) bond motifs is 1. The summed E-state index contributed by atoms with van der Waals surface area (Å²) in [6.45, 7) is 0. The van der Waals surface area contributed by atoms with Crippen molar-refractivity contribution in [3.63, 3.8) is 0 Å². The smallest absolute Gasteiger partial charge is 0.318 e. The minimum absolute atomic E-state index is 0.302. The monoisotopic (exact) mass is 278 g/mol. The van der Waals surface area contributed by atoms with E-state index in [1.807, 2.05) is 0 Å². The van der Waals surface area contributed by atoms with Crippen molar-refractivity contribution in [3.8, 4) is 0 Å². The number of nitrogens with two attached hydrogens (primary N) is 1. The molecule has 0 bridgehead atoms. The first-order valence-electron chi connectivity index (χ1n) is 6.45. The van der Waals surface area contributed by atoms with Gasteiger partial charge in [-0.3, -0.25) is 10.1 Å². The number of benzene rings is 1. The fourth-order valence-electron chi connectivity index (χ4n) is 2.38. The number of carbonyl (C=O) groups excluding carboxylic acids is 2. The van der Waals surface area contributed by atoms with Gasteiger partial charge in [0.05, 0.1) is 0 Å². The highest BCUT2D eigenvalue weighted by atomic mass is 32.2. The maximum atomic E-state index is 11.3. The lowest BCUT2D eigenvalue weighted by atomic mass is 9.91. The van der Waals surface area contributed by atoms with Crippen LogP contribution < -0.4 is 11.1 Å². The molecule has 1 aromatic carbocycles. The molecule has 0 saturated carbocycles. The van der Waals surface area contributed by atoms with E-state index in [4.69, 9.17) is 5.73 Å². The van der Waals surface area contributed by atoms with Crippen LogP contribution in [-0.4, -0.2) is 17.7 Å². The molecule has 1 atom stereocenters. The molecule has 0 unspecified atom stereocenters. The molecule has 3 N–H and O–H groups in total. The number of primary amides is 1. The zero-order chi connectivity index (χ0) is 13.7. The van der Waals surface area contributed by atoms with Gasteiger partial charge in [-0.2, -0.15) is 11.8 Å². The fourth-order valence-corrected chi connectivity index (χ4v) is 3.71. The quantitative estimate of drug-likeness (QED) is 0.888. The van der Waals surface area contributed by atoms with Gasteiger partial charge in [0.25, 0.3) is 0 Å². The van der Waals surface area contributed by atoms with E-state index in [0.29, 0.717) is 17.4 Å². The average molecular weight is 278 g/mol. The Morgan fingerprint density at radius 2 is 2.16 bits per heavy atom. The van der Waals surface area contributed by atoms with Gasteiger partial charge in [-0.1, -0.05) is 24.3 Å². The first-order valence-corrected chi connectivity index (χ1v) is 7.50. The molecule has 0 spiro atoms. The van der Waals surface area contributed by atoms with E-state index in [0.717, 1.165) is 12.8 Å². The van der Waals surface area contributed by atoms with E-state index in [1.54, 1.807) is 11.8 Å². The summed E-state index contributed by atoms with van der Waals surface area (Å²) in [4.78, 5) is 21.8. The molecule has 0 heterocycles. The molecule has 0 aromatic heterocycles. The van der Waals surface area contributed by atoms with Crippen molar-refractivity contribution >= 4 is 23.7 Å². The van der Waals surface area contributed by atoms with Crippen LogP contribution >= 0.6 is 11.8 Å². The molecule has 2 rings (SSSR count). The van der Waals surface area contributed by atoms with Crippen LogP contribution in [0, 0.1) is 0 Å². The number of urea groups is 1. The van der Waals surface area contributed by atoms with Crippen molar-refractivity contribution < 1.29 is 9.59 Å². The van der Waals surface area contributed by atoms with Crippen molar-refractivity contribution in [1.29, 1.82) is 0 Å². The molecule has 19 heavy (non-hydrogen) atoms. The third kappa shape index (κ3) is 3.99. The number of imide groups is 1. The number of hydrogen-bond acceptors (Lipinski definition) is 3. The first-order chi connectivity index (χ1) is 9.16. The Kier molecular flexibility index (Phi) is 4.85. The molecule has 102 valence electrons. The molecular formula is C14H18N2O2S. The highest BCUT2D eigenvalue weighted by molar-refractivity contribution is 7.99. The molecule has 1 aliphatic carbocycles. The topological polar surface area (TPSA) is 72.2 Å². The van der Waals surface area contributed by atoms with Gasteiger partial charge in [0.2, 0.25) is 5.91 Å². The van der Waals surface area contributed by atoms with Gasteiger partial charge in [-0.25, -0.2) is 4.79 Å². The Morgan fingerprint density at radius 1 is 1.37 bits per heavy atom. The molecule has 1 aliphatic rings. The SMILES string of the molecule is NC(=O)NC(=O)CCS[C@H]1CCCc2ccccc21. The molecular weight excluding hydrogens is 260 g/mol. The zero-order valence-corrected chi connectivity index (χ0v) is 11.5. The van der Waals surface area contributed by atoms with Crippen LogP contribution in [0.2, 0.25) is 0 Å². The normalized spacial score (nSPS) is 17.6. The molecule has 3 amide bonds. The standard InChI is InChI=1S/C14H18N2O2S/c15-14(18)16-13(17)8-9-19-12-7-3-5-10-4-1-2-6-11(10)12/h1-2,4,6,12H,3,5,7-9H2,(H3,15,16,17,18)/t12-/m0/s1. The van der Waals surface area contributed by atoms with E-state index >= 15 is 0 Å². The van der Waals surface area contributed by atoms with Gasteiger partial charge >= 0.3 is 6.03 Å². The Balaban J connectivity index is 1.84. The summed E-state index contributed by atoms with van der Waals surface area (Å²) in [6.07, 6.45) is 3.82. The second-order valence-electron chi connectivity index (χ2n) is 4.61. The molecule has 0 fully saturated rings. The van der Waals surface area contributed by atoms with Crippen LogP contribution in [0.25, 0.3) is 0 Å². The van der Waals surface area contributed by atoms with Gasteiger partial charge < -0.3 is 5.73 Å². The number of carbonyl (C=O) groups is 2. The van der Waals surface area contributed by atoms with Crippen molar-refractivity contribution in [2.45, 2.75) is 30.9 Å². The van der Waals surface area contributed by atoms with Crippen molar-refractivity contribution in [2.24, 2.45) is 5.73 Å². The second-order valence-corrected chi connectivity index (χ2v) is 5.92. The van der Waals surface area contributed by atoms with Gasteiger partial charge in [0.1, 0.15) is 0 Å². The minimum atomic E-state index is -0.780. The van der Waals surface area contributed by atoms with Gasteiger partial charge in [-0.05, 0) is 30.4 Å². The number of amides is 3. The van der Waals surface area contributed by atoms with E-state index < -0.39 is 6.03 Å². The average Bonchev–Trinajstić information content (AvgIpc) is 2.38. The summed E-state index contributed by atoms with van der Waals surface area (Å²) in [5.74, 6) is 0.405. The van der Waals surface area contributed by atoms with Gasteiger partial charge in [0, 0.05) is 17.4 Å². The highest BCUT2D eigenvalue weighted by Gasteiger charge is 2.20. The summed E-state index contributed by atoms with van der Waals surface area (Å²) in [5.41, 5.74) is 7.71. The Morgan fingerprint density at radius 3 is 2.95 bits per heavy atom. The summed E-state index contributed by atoms with van der Waals surface area (Å²) >= 11 is 1.78. The molecule has 5 heteroatoms. The summed E-state index contributed by atoms with van der Waals surface area (Å²) in [6, 6.07) is 7.72. The summed E-state index contributed by atoms with van der Waals surface area (Å²) < 4.78 is 0. The maximum Gasteiger partial charge on any atom is 0.318 e. The van der Waals surface area contributed by atoms with Crippen molar-refractivity contribution in [3.05, 3.63) is 35.4 Å². The van der Waals surface area contributed by atoms with Crippen LogP contribution in [0.4, 0.5) is 4.79 Å². The Labute approximate surface area is 117 Å². The van der Waals surface area contributed by atoms with E-state index in [9.17, 15) is 9.59 Å². The van der Waals surface area contributed by atoms with Crippen LogP contribution in [0.3, 0.4) is 0 Å². The van der Waals surface area contributed by atoms with Crippen LogP contribution in [0.15, 0.2) is 24.3 Å². The maximum absolute atomic E-state index is 11.3. The molecule has 0 aliphatic heterocycles. The highest BCUT2D eigenvalue weighted by Crippen LogP contribution is 2.39. The molecule has 0 saturated heterocycles. The predicted octanol–water partition coefficient (Wildman–Crippen LogP) is 2.38. The number of aryl methyl sites for hydroxylation is 1. The molecule has 1 aromatic rings. The Bertz CT molecular complexity index is 476. The fraction of sp³-hybridized carbons (Fsp3) is 0.429. The van der Waals surface area contributed by atoms with E-state index in [1.165, 1.54) is 17.5 Å². The largest absolute Gasteiger partial charge is 0.351 e. The predicted molar refractivity (Wildman–Crippen MR) is 76.9 cm³/mol. The van der Waals surface area contributed by atoms with Gasteiger partial charge in [0.15, 0.2) is 0 Å². The summed E-state index contributed by atoms with van der Waals surface area (Å²) in [5, 5.41) is 2.55. The lowest BCUT2D eigenvalue weighted by Gasteiger charge is -2.24. The van der Waals surface area contributed by atoms with Crippen LogP contribution in [0.1, 0.15) is 35.6 Å². The molecule has 0 radical (unpaired) electrons. The summed E-state index contributed by atoms with van der Waals surface area (Å²) in [7, 11) is 0. The third-order valence-corrected chi connectivity index (χ3v) is 4.56. The van der Waals surface area contributed by atoms with Crippen LogP contribution in [-0.2, 0) is 11.2 Å². The van der Waals surface area contributed by atoms with Crippen molar-refractivity contribution in [2.75, 3.05) is 5.75 Å². The minimum Gasteiger partial charge on any atom is -0.351 e. The zero-order valence-electron chi connectivity index (χ0n) is 10.7. The van der Waals surface area contributed by atoms with Crippen LogP contribution in [0.5, 0.6) is 0 Å². The molecule has 4 nitrogen and oxygen atoms in total. The number of rotatable bonds is 4. The first kappa shape index (κ1) is 13.9. The lowest BCUT2D eigenvalue weighted by Crippen LogP contribution is -2.35. The van der Waals surface area contributed by atoms with E-state index in [-0.39, 0.29) is 5.91 Å². The number of nitrogens with one attached hydrogen (secondary N) is 1. The third-order valence-electron chi connectivity index (χ3n) is 3.23. The van der Waals surface area contributed by atoms with Crippen molar-refractivity contribution in [1.82, 2.24) is 5.32 Å². The Hall–Kier alpha value is -1.49. The van der Waals surface area contributed by atoms with E-state index in [2.05, 4.69) is 29.6 Å².